The molecule has 1 aliphatic heterocycles. The van der Waals surface area contributed by atoms with Crippen LogP contribution >= 0.6 is 11.3 Å². The largest absolute Gasteiger partial charge is 0.497 e. The molecule has 0 N–H and O–H groups in total. The highest BCUT2D eigenvalue weighted by atomic mass is 32.1. The molecule has 1 saturated heterocycles. The molecule has 2 aromatic carbocycles. The van der Waals surface area contributed by atoms with E-state index in [1.54, 1.807) is 30.6 Å². The van der Waals surface area contributed by atoms with Crippen molar-refractivity contribution in [1.82, 2.24) is 9.88 Å². The summed E-state index contributed by atoms with van der Waals surface area (Å²) in [6.07, 6.45) is 0. The maximum absolute atomic E-state index is 10.8. The number of nitro groups is 1. The first-order valence-corrected chi connectivity index (χ1v) is 10.3. The van der Waals surface area contributed by atoms with Crippen LogP contribution in [-0.2, 0) is 6.54 Å². The van der Waals surface area contributed by atoms with Gasteiger partial charge in [0.25, 0.3) is 5.69 Å². The molecule has 3 aromatic rings. The van der Waals surface area contributed by atoms with E-state index < -0.39 is 0 Å². The first-order chi connectivity index (χ1) is 14.1. The Labute approximate surface area is 173 Å². The first-order valence-electron chi connectivity index (χ1n) is 9.43. The highest BCUT2D eigenvalue weighted by Crippen LogP contribution is 2.30. The molecule has 0 bridgehead atoms. The number of thiazole rings is 1. The van der Waals surface area contributed by atoms with Gasteiger partial charge in [-0.25, -0.2) is 4.98 Å². The van der Waals surface area contributed by atoms with E-state index in [1.165, 1.54) is 0 Å². The molecular formula is C21H22N4O3S. The number of benzene rings is 2. The number of aromatic nitrogens is 1. The van der Waals surface area contributed by atoms with Crippen LogP contribution in [0.15, 0.2) is 53.9 Å². The molecule has 1 aromatic heterocycles. The summed E-state index contributed by atoms with van der Waals surface area (Å²) in [6.45, 7) is 4.50. The van der Waals surface area contributed by atoms with Crippen molar-refractivity contribution >= 4 is 22.2 Å². The van der Waals surface area contributed by atoms with Crippen LogP contribution in [-0.4, -0.2) is 48.1 Å². The lowest BCUT2D eigenvalue weighted by molar-refractivity contribution is -0.384. The number of piperazine rings is 1. The fourth-order valence-corrected chi connectivity index (χ4v) is 4.29. The van der Waals surface area contributed by atoms with Crippen molar-refractivity contribution < 1.29 is 9.66 Å². The van der Waals surface area contributed by atoms with Gasteiger partial charge < -0.3 is 9.64 Å². The molecule has 8 heteroatoms. The highest BCUT2D eigenvalue weighted by molar-refractivity contribution is 7.14. The summed E-state index contributed by atoms with van der Waals surface area (Å²) in [7, 11) is 1.67. The van der Waals surface area contributed by atoms with Crippen molar-refractivity contribution in [3.05, 3.63) is 69.6 Å². The fourth-order valence-electron chi connectivity index (χ4n) is 3.40. The fraction of sp³-hybridized carbons (Fsp3) is 0.286. The van der Waals surface area contributed by atoms with Crippen LogP contribution in [0.2, 0.25) is 0 Å². The van der Waals surface area contributed by atoms with Crippen molar-refractivity contribution in [1.29, 1.82) is 0 Å². The number of hydrogen-bond acceptors (Lipinski definition) is 7. The van der Waals surface area contributed by atoms with Gasteiger partial charge in [0.15, 0.2) is 5.13 Å². The molecule has 2 heterocycles. The Bertz CT molecular complexity index is 982. The van der Waals surface area contributed by atoms with Crippen molar-refractivity contribution in [3.63, 3.8) is 0 Å². The van der Waals surface area contributed by atoms with Gasteiger partial charge in [0.1, 0.15) is 5.75 Å². The molecule has 0 amide bonds. The maximum atomic E-state index is 10.8. The number of non-ortho nitro benzene ring substituents is 1. The molecule has 0 radical (unpaired) electrons. The lowest BCUT2D eigenvalue weighted by atomic mass is 10.1. The van der Waals surface area contributed by atoms with Gasteiger partial charge in [-0.2, -0.15) is 0 Å². The Morgan fingerprint density at radius 3 is 2.59 bits per heavy atom. The van der Waals surface area contributed by atoms with E-state index in [-0.39, 0.29) is 10.6 Å². The summed E-state index contributed by atoms with van der Waals surface area (Å²) in [5, 5.41) is 13.9. The highest BCUT2D eigenvalue weighted by Gasteiger charge is 2.20. The van der Waals surface area contributed by atoms with E-state index in [9.17, 15) is 10.1 Å². The number of nitro benzene ring substituents is 1. The number of rotatable bonds is 6. The Balaban J connectivity index is 1.35. The van der Waals surface area contributed by atoms with Gasteiger partial charge >= 0.3 is 0 Å². The van der Waals surface area contributed by atoms with Gasteiger partial charge in [-0.1, -0.05) is 24.3 Å². The minimum Gasteiger partial charge on any atom is -0.497 e. The van der Waals surface area contributed by atoms with E-state index in [1.807, 2.05) is 36.4 Å². The van der Waals surface area contributed by atoms with E-state index in [0.29, 0.717) is 0 Å². The quantitative estimate of drug-likeness (QED) is 0.451. The monoisotopic (exact) mass is 410 g/mol. The standard InChI is InChI=1S/C21H22N4O3S/c1-28-19-4-2-3-17(13-19)20-15-29-21(22-20)24-11-9-23(10-12-24)14-16-5-7-18(8-6-16)25(26)27/h2-8,13,15H,9-12,14H2,1H3. The topological polar surface area (TPSA) is 71.7 Å². The summed E-state index contributed by atoms with van der Waals surface area (Å²) in [6, 6.07) is 14.8. The van der Waals surface area contributed by atoms with Crippen molar-refractivity contribution in [2.24, 2.45) is 0 Å². The van der Waals surface area contributed by atoms with Crippen molar-refractivity contribution in [2.45, 2.75) is 6.54 Å². The summed E-state index contributed by atoms with van der Waals surface area (Å²) >= 11 is 1.67. The molecule has 0 aliphatic carbocycles. The van der Waals surface area contributed by atoms with Crippen LogP contribution in [0, 0.1) is 10.1 Å². The van der Waals surface area contributed by atoms with Gasteiger partial charge in [0, 0.05) is 55.8 Å². The average Bonchev–Trinajstić information content (AvgIpc) is 3.25. The predicted octanol–water partition coefficient (Wildman–Crippen LogP) is 4.05. The van der Waals surface area contributed by atoms with Crippen LogP contribution in [0.1, 0.15) is 5.56 Å². The molecular weight excluding hydrogens is 388 g/mol. The molecule has 7 nitrogen and oxygen atoms in total. The molecule has 150 valence electrons. The first kappa shape index (κ1) is 19.4. The number of methoxy groups -OCH3 is 1. The molecule has 0 unspecified atom stereocenters. The van der Waals surface area contributed by atoms with E-state index in [0.717, 1.165) is 60.4 Å². The number of anilines is 1. The van der Waals surface area contributed by atoms with Gasteiger partial charge in [0.2, 0.25) is 0 Å². The molecule has 0 atom stereocenters. The number of ether oxygens (including phenoxy) is 1. The molecule has 0 spiro atoms. The van der Waals surface area contributed by atoms with E-state index in [4.69, 9.17) is 9.72 Å². The van der Waals surface area contributed by atoms with Crippen LogP contribution in [0.25, 0.3) is 11.3 Å². The Morgan fingerprint density at radius 1 is 1.14 bits per heavy atom. The second-order valence-corrected chi connectivity index (χ2v) is 7.77. The second kappa shape index (κ2) is 8.59. The lowest BCUT2D eigenvalue weighted by Gasteiger charge is -2.34. The third kappa shape index (κ3) is 4.55. The van der Waals surface area contributed by atoms with Crippen molar-refractivity contribution in [3.8, 4) is 17.0 Å². The Hall–Kier alpha value is -2.97. The van der Waals surface area contributed by atoms with Crippen LogP contribution in [0.4, 0.5) is 10.8 Å². The summed E-state index contributed by atoms with van der Waals surface area (Å²) in [5.41, 5.74) is 3.26. The molecule has 29 heavy (non-hydrogen) atoms. The van der Waals surface area contributed by atoms with Gasteiger partial charge in [-0.05, 0) is 17.7 Å². The van der Waals surface area contributed by atoms with Gasteiger partial charge in [-0.3, -0.25) is 15.0 Å². The Kier molecular flexibility index (Phi) is 5.73. The summed E-state index contributed by atoms with van der Waals surface area (Å²) in [4.78, 5) is 19.9. The van der Waals surface area contributed by atoms with Gasteiger partial charge in [0.05, 0.1) is 17.7 Å². The third-order valence-electron chi connectivity index (χ3n) is 5.05. The average molecular weight is 410 g/mol. The number of hydrogen-bond donors (Lipinski definition) is 0. The van der Waals surface area contributed by atoms with Crippen LogP contribution in [0.3, 0.4) is 0 Å². The Morgan fingerprint density at radius 2 is 1.90 bits per heavy atom. The summed E-state index contributed by atoms with van der Waals surface area (Å²) in [5.74, 6) is 0.830. The lowest BCUT2D eigenvalue weighted by Crippen LogP contribution is -2.45. The van der Waals surface area contributed by atoms with Crippen molar-refractivity contribution in [2.75, 3.05) is 38.2 Å². The molecule has 0 saturated carbocycles. The smallest absolute Gasteiger partial charge is 0.269 e. The third-order valence-corrected chi connectivity index (χ3v) is 5.96. The number of nitrogens with zero attached hydrogens (tertiary/aromatic N) is 4. The predicted molar refractivity (Wildman–Crippen MR) is 115 cm³/mol. The zero-order valence-corrected chi connectivity index (χ0v) is 17.0. The molecule has 1 aliphatic rings. The zero-order valence-electron chi connectivity index (χ0n) is 16.2. The normalized spacial score (nSPS) is 14.7. The summed E-state index contributed by atoms with van der Waals surface area (Å²) < 4.78 is 5.30. The van der Waals surface area contributed by atoms with Gasteiger partial charge in [-0.15, -0.1) is 11.3 Å². The molecule has 4 rings (SSSR count). The maximum Gasteiger partial charge on any atom is 0.269 e. The van der Waals surface area contributed by atoms with Crippen LogP contribution in [0.5, 0.6) is 5.75 Å². The minimum atomic E-state index is -0.365. The minimum absolute atomic E-state index is 0.133. The zero-order chi connectivity index (χ0) is 20.2. The van der Waals surface area contributed by atoms with E-state index in [2.05, 4.69) is 15.2 Å². The van der Waals surface area contributed by atoms with E-state index >= 15 is 0 Å². The molecule has 1 fully saturated rings. The SMILES string of the molecule is COc1cccc(-c2csc(N3CCN(Cc4ccc([N+](=O)[O-])cc4)CC3)n2)c1. The van der Waals surface area contributed by atoms with Crippen LogP contribution < -0.4 is 9.64 Å². The second-order valence-electron chi connectivity index (χ2n) is 6.93.